The maximum absolute atomic E-state index is 9.01. The number of alkyl halides is 1. The molecule has 0 saturated carbocycles. The zero-order valence-electron chi connectivity index (χ0n) is 4.32. The molecule has 1 N–H and O–H groups in total. The van der Waals surface area contributed by atoms with Crippen LogP contribution in [-0.4, -0.2) is 15.1 Å². The molecule has 0 aliphatic carbocycles. The Kier molecular flexibility index (Phi) is 2.83. The Morgan fingerprint density at radius 1 is 2.00 bits per heavy atom. The van der Waals surface area contributed by atoms with Gasteiger partial charge < -0.3 is 5.11 Å². The van der Waals surface area contributed by atoms with E-state index in [0.717, 1.165) is 0 Å². The lowest BCUT2D eigenvalue weighted by molar-refractivity contribution is 0.142. The molecule has 0 aliphatic heterocycles. The summed E-state index contributed by atoms with van der Waals surface area (Å²) in [6, 6.07) is 0. The zero-order chi connectivity index (χ0) is 5.91. The van der Waals surface area contributed by atoms with Crippen LogP contribution < -0.4 is 0 Å². The van der Waals surface area contributed by atoms with Crippen molar-refractivity contribution in [3.8, 4) is 0 Å². The molecule has 0 aromatic rings. The Balaban J connectivity index is 3.58. The topological polar surface area (TPSA) is 20.2 Å². The van der Waals surface area contributed by atoms with Crippen LogP contribution in [0.3, 0.4) is 0 Å². The summed E-state index contributed by atoms with van der Waals surface area (Å²) in [6.45, 7) is 5.18. The van der Waals surface area contributed by atoms with Crippen LogP contribution in [0.5, 0.6) is 0 Å². The minimum Gasteiger partial charge on any atom is -0.385 e. The van der Waals surface area contributed by atoms with Gasteiger partial charge in [-0.05, 0) is 6.92 Å². The van der Waals surface area contributed by atoms with Gasteiger partial charge in [0.15, 0.2) is 0 Å². The fourth-order valence-corrected chi connectivity index (χ4v) is 0.366. The Morgan fingerprint density at radius 2 is 2.43 bits per heavy atom. The lowest BCUT2D eigenvalue weighted by atomic mass is 10.1. The standard InChI is InChI=1S/C5H9IO/c1-3-5(2,7)4-6/h3,7H,1,4H2,2H3. The lowest BCUT2D eigenvalue weighted by Gasteiger charge is -2.12. The molecule has 0 aromatic carbocycles. The van der Waals surface area contributed by atoms with Crippen LogP contribution in [-0.2, 0) is 0 Å². The van der Waals surface area contributed by atoms with Crippen molar-refractivity contribution in [2.75, 3.05) is 4.43 Å². The van der Waals surface area contributed by atoms with E-state index >= 15 is 0 Å². The molecule has 1 nitrogen and oxygen atoms in total. The Labute approximate surface area is 57.6 Å². The number of rotatable bonds is 2. The van der Waals surface area contributed by atoms with Crippen molar-refractivity contribution in [1.29, 1.82) is 0 Å². The fourth-order valence-electron chi connectivity index (χ4n) is 0.0546. The molecule has 0 radical (unpaired) electrons. The van der Waals surface area contributed by atoms with E-state index in [-0.39, 0.29) is 0 Å². The summed E-state index contributed by atoms with van der Waals surface area (Å²) < 4.78 is 0.703. The van der Waals surface area contributed by atoms with Crippen molar-refractivity contribution in [2.24, 2.45) is 0 Å². The molecule has 1 unspecified atom stereocenters. The molecule has 7 heavy (non-hydrogen) atoms. The second-order valence-corrected chi connectivity index (χ2v) is 2.46. The maximum atomic E-state index is 9.01. The molecule has 1 atom stereocenters. The summed E-state index contributed by atoms with van der Waals surface area (Å²) in [4.78, 5) is 0. The quantitative estimate of drug-likeness (QED) is 0.416. The van der Waals surface area contributed by atoms with Gasteiger partial charge in [-0.15, -0.1) is 6.58 Å². The predicted molar refractivity (Wildman–Crippen MR) is 39.7 cm³/mol. The van der Waals surface area contributed by atoms with Crippen LogP contribution in [0.2, 0.25) is 0 Å². The smallest absolute Gasteiger partial charge is 0.0886 e. The van der Waals surface area contributed by atoms with Crippen LogP contribution in [0.1, 0.15) is 6.92 Å². The normalized spacial score (nSPS) is 18.1. The maximum Gasteiger partial charge on any atom is 0.0886 e. The molecule has 0 spiro atoms. The third kappa shape index (κ3) is 3.05. The summed E-state index contributed by atoms with van der Waals surface area (Å²) in [6.07, 6.45) is 1.54. The lowest BCUT2D eigenvalue weighted by Crippen LogP contribution is -2.21. The second-order valence-electron chi connectivity index (χ2n) is 1.69. The van der Waals surface area contributed by atoms with Gasteiger partial charge in [-0.25, -0.2) is 0 Å². The number of halogens is 1. The minimum atomic E-state index is -0.666. The van der Waals surface area contributed by atoms with Crippen molar-refractivity contribution in [2.45, 2.75) is 12.5 Å². The summed E-state index contributed by atoms with van der Waals surface area (Å²) in [5.41, 5.74) is -0.666. The van der Waals surface area contributed by atoms with E-state index in [1.165, 1.54) is 0 Å². The Morgan fingerprint density at radius 3 is 2.43 bits per heavy atom. The summed E-state index contributed by atoms with van der Waals surface area (Å²) >= 11 is 2.11. The molecule has 2 heteroatoms. The fraction of sp³-hybridized carbons (Fsp3) is 0.600. The van der Waals surface area contributed by atoms with Crippen molar-refractivity contribution in [3.63, 3.8) is 0 Å². The summed E-state index contributed by atoms with van der Waals surface area (Å²) in [5.74, 6) is 0. The van der Waals surface area contributed by atoms with Crippen LogP contribution in [0.25, 0.3) is 0 Å². The highest BCUT2D eigenvalue weighted by molar-refractivity contribution is 14.1. The van der Waals surface area contributed by atoms with E-state index in [2.05, 4.69) is 29.2 Å². The average molecular weight is 212 g/mol. The number of hydrogen-bond donors (Lipinski definition) is 1. The number of aliphatic hydroxyl groups is 1. The van der Waals surface area contributed by atoms with Gasteiger partial charge in [0.2, 0.25) is 0 Å². The highest BCUT2D eigenvalue weighted by Gasteiger charge is 2.10. The Bertz CT molecular complexity index is 68.5. The minimum absolute atomic E-state index is 0.666. The van der Waals surface area contributed by atoms with Gasteiger partial charge in [0.25, 0.3) is 0 Å². The SMILES string of the molecule is C=CC(C)(O)CI. The first-order valence-corrected chi connectivity index (χ1v) is 3.57. The van der Waals surface area contributed by atoms with Gasteiger partial charge in [0.05, 0.1) is 5.60 Å². The molecule has 0 bridgehead atoms. The molecule has 0 aromatic heterocycles. The monoisotopic (exact) mass is 212 g/mol. The molecule has 0 rings (SSSR count). The molecular weight excluding hydrogens is 203 g/mol. The van der Waals surface area contributed by atoms with Crippen LogP contribution >= 0.6 is 22.6 Å². The van der Waals surface area contributed by atoms with E-state index in [9.17, 15) is 0 Å². The van der Waals surface area contributed by atoms with Gasteiger partial charge in [-0.2, -0.15) is 0 Å². The Hall–Kier alpha value is 0.430. The van der Waals surface area contributed by atoms with Crippen molar-refractivity contribution in [1.82, 2.24) is 0 Å². The molecule has 0 saturated heterocycles. The van der Waals surface area contributed by atoms with Crippen LogP contribution in [0.4, 0.5) is 0 Å². The highest BCUT2D eigenvalue weighted by atomic mass is 127. The van der Waals surface area contributed by atoms with E-state index in [1.807, 2.05) is 0 Å². The van der Waals surface area contributed by atoms with Gasteiger partial charge in [-0.3, -0.25) is 0 Å². The molecule has 0 fully saturated rings. The van der Waals surface area contributed by atoms with Gasteiger partial charge in [0, 0.05) is 4.43 Å². The van der Waals surface area contributed by atoms with E-state index < -0.39 is 5.60 Å². The highest BCUT2D eigenvalue weighted by Crippen LogP contribution is 2.06. The summed E-state index contributed by atoms with van der Waals surface area (Å²) in [7, 11) is 0. The van der Waals surface area contributed by atoms with Crippen LogP contribution in [0.15, 0.2) is 12.7 Å². The first-order chi connectivity index (χ1) is 3.12. The van der Waals surface area contributed by atoms with Gasteiger partial charge in [0.1, 0.15) is 0 Å². The van der Waals surface area contributed by atoms with Gasteiger partial charge >= 0.3 is 0 Å². The van der Waals surface area contributed by atoms with Crippen molar-refractivity contribution in [3.05, 3.63) is 12.7 Å². The van der Waals surface area contributed by atoms with Gasteiger partial charge in [-0.1, -0.05) is 28.7 Å². The molecule has 42 valence electrons. The third-order valence-corrected chi connectivity index (χ3v) is 2.25. The third-order valence-electron chi connectivity index (χ3n) is 0.710. The zero-order valence-corrected chi connectivity index (χ0v) is 6.47. The van der Waals surface area contributed by atoms with E-state index in [0.29, 0.717) is 4.43 Å². The van der Waals surface area contributed by atoms with E-state index in [1.54, 1.807) is 13.0 Å². The van der Waals surface area contributed by atoms with Crippen molar-refractivity contribution < 1.29 is 5.11 Å². The largest absolute Gasteiger partial charge is 0.385 e. The molecule has 0 amide bonds. The number of hydrogen-bond acceptors (Lipinski definition) is 1. The van der Waals surface area contributed by atoms with Crippen LogP contribution in [0, 0.1) is 0 Å². The van der Waals surface area contributed by atoms with E-state index in [4.69, 9.17) is 5.11 Å². The first kappa shape index (κ1) is 7.43. The molecular formula is C5H9IO. The molecule has 0 heterocycles. The average Bonchev–Trinajstić information content (AvgIpc) is 1.68. The second kappa shape index (κ2) is 2.67. The first-order valence-electron chi connectivity index (χ1n) is 2.04. The predicted octanol–water partition coefficient (Wildman–Crippen LogP) is 1.36. The molecule has 0 aliphatic rings. The summed E-state index contributed by atoms with van der Waals surface area (Å²) in [5, 5.41) is 9.01. The van der Waals surface area contributed by atoms with Crippen molar-refractivity contribution >= 4 is 22.6 Å².